The normalized spacial score (nSPS) is 11.2. The van der Waals surface area contributed by atoms with E-state index in [9.17, 15) is 4.79 Å². The lowest BCUT2D eigenvalue weighted by Gasteiger charge is -2.16. The summed E-state index contributed by atoms with van der Waals surface area (Å²) in [5, 5.41) is 6.05. The Morgan fingerprint density at radius 2 is 1.84 bits per heavy atom. The maximum absolute atomic E-state index is 12.7. The largest absolute Gasteiger partial charge is 0.496 e. The molecule has 3 rings (SSSR count). The van der Waals surface area contributed by atoms with Crippen molar-refractivity contribution in [1.29, 1.82) is 0 Å². The zero-order valence-corrected chi connectivity index (χ0v) is 19.5. The number of amides is 1. The van der Waals surface area contributed by atoms with Crippen LogP contribution in [-0.4, -0.2) is 31.9 Å². The highest BCUT2D eigenvalue weighted by Crippen LogP contribution is 2.37. The molecule has 6 nitrogen and oxygen atoms in total. The van der Waals surface area contributed by atoms with Gasteiger partial charge in [-0.2, -0.15) is 5.10 Å². The molecule has 0 saturated heterocycles. The molecule has 162 valence electrons. The standard InChI is InChI=1S/C24H25BrN2O4/c1-5-30-22-11-16(10-20(25)23(22)31-15(2)3)14-26-27-24(28)19-12-17-8-6-7-9-18(17)13-21(19)29-4/h6-15H,5H2,1-4H3,(H,27,28)/b26-14-. The molecular formula is C24H25BrN2O4. The van der Waals surface area contributed by atoms with Crippen molar-refractivity contribution in [2.45, 2.75) is 26.9 Å². The van der Waals surface area contributed by atoms with Crippen LogP contribution in [0.2, 0.25) is 0 Å². The molecule has 0 aliphatic rings. The monoisotopic (exact) mass is 484 g/mol. The average molecular weight is 485 g/mol. The lowest BCUT2D eigenvalue weighted by molar-refractivity contribution is 0.0952. The van der Waals surface area contributed by atoms with E-state index in [1.165, 1.54) is 7.11 Å². The van der Waals surface area contributed by atoms with Gasteiger partial charge in [-0.25, -0.2) is 5.43 Å². The third kappa shape index (κ3) is 5.55. The summed E-state index contributed by atoms with van der Waals surface area (Å²) >= 11 is 3.53. The predicted molar refractivity (Wildman–Crippen MR) is 127 cm³/mol. The van der Waals surface area contributed by atoms with E-state index >= 15 is 0 Å². The van der Waals surface area contributed by atoms with Crippen molar-refractivity contribution in [3.8, 4) is 17.2 Å². The first-order valence-electron chi connectivity index (χ1n) is 9.96. The number of rotatable bonds is 8. The van der Waals surface area contributed by atoms with E-state index in [-0.39, 0.29) is 12.0 Å². The average Bonchev–Trinajstić information content (AvgIpc) is 2.75. The number of benzene rings is 3. The fraction of sp³-hybridized carbons (Fsp3) is 0.250. The fourth-order valence-electron chi connectivity index (χ4n) is 3.07. The minimum absolute atomic E-state index is 0.00578. The maximum Gasteiger partial charge on any atom is 0.275 e. The van der Waals surface area contributed by atoms with Crippen LogP contribution in [0.1, 0.15) is 36.7 Å². The van der Waals surface area contributed by atoms with Gasteiger partial charge >= 0.3 is 0 Å². The summed E-state index contributed by atoms with van der Waals surface area (Å²) < 4.78 is 17.7. The number of methoxy groups -OCH3 is 1. The summed E-state index contributed by atoms with van der Waals surface area (Å²) in [6.45, 7) is 6.31. The first-order chi connectivity index (χ1) is 14.9. The quantitative estimate of drug-likeness (QED) is 0.335. The van der Waals surface area contributed by atoms with E-state index in [0.717, 1.165) is 20.8 Å². The molecule has 0 bridgehead atoms. The van der Waals surface area contributed by atoms with Crippen LogP contribution < -0.4 is 19.6 Å². The zero-order chi connectivity index (χ0) is 22.4. The molecule has 3 aromatic rings. The van der Waals surface area contributed by atoms with Gasteiger partial charge in [0.25, 0.3) is 5.91 Å². The molecule has 0 aliphatic carbocycles. The van der Waals surface area contributed by atoms with E-state index in [4.69, 9.17) is 14.2 Å². The fourth-order valence-corrected chi connectivity index (χ4v) is 3.62. The molecule has 0 heterocycles. The second kappa shape index (κ2) is 10.3. The van der Waals surface area contributed by atoms with Gasteiger partial charge in [0.2, 0.25) is 0 Å². The summed E-state index contributed by atoms with van der Waals surface area (Å²) in [5.41, 5.74) is 3.73. The van der Waals surface area contributed by atoms with Crippen molar-refractivity contribution >= 4 is 38.8 Å². The Hall–Kier alpha value is -3.06. The second-order valence-electron chi connectivity index (χ2n) is 7.03. The molecular weight excluding hydrogens is 460 g/mol. The van der Waals surface area contributed by atoms with Gasteiger partial charge in [0.05, 0.1) is 36.1 Å². The number of fused-ring (bicyclic) bond motifs is 1. The number of hydrogen-bond donors (Lipinski definition) is 1. The smallest absolute Gasteiger partial charge is 0.275 e. The minimum atomic E-state index is -0.359. The summed E-state index contributed by atoms with van der Waals surface area (Å²) in [7, 11) is 1.54. The van der Waals surface area contributed by atoms with E-state index in [2.05, 4.69) is 26.5 Å². The highest BCUT2D eigenvalue weighted by atomic mass is 79.9. The number of halogens is 1. The van der Waals surface area contributed by atoms with Crippen LogP contribution in [0.3, 0.4) is 0 Å². The summed E-state index contributed by atoms with van der Waals surface area (Å²) in [4.78, 5) is 12.7. The number of carbonyl (C=O) groups is 1. The lowest BCUT2D eigenvalue weighted by Crippen LogP contribution is -2.18. The minimum Gasteiger partial charge on any atom is -0.496 e. The molecule has 0 saturated carbocycles. The van der Waals surface area contributed by atoms with Crippen molar-refractivity contribution in [1.82, 2.24) is 5.43 Å². The van der Waals surface area contributed by atoms with Gasteiger partial charge in [-0.3, -0.25) is 4.79 Å². The lowest BCUT2D eigenvalue weighted by atomic mass is 10.1. The van der Waals surface area contributed by atoms with Gasteiger partial charge in [0.15, 0.2) is 11.5 Å². The van der Waals surface area contributed by atoms with E-state index in [1.807, 2.05) is 63.2 Å². The topological polar surface area (TPSA) is 69.2 Å². The molecule has 3 aromatic carbocycles. The van der Waals surface area contributed by atoms with Gasteiger partial charge in [-0.15, -0.1) is 0 Å². The number of ether oxygens (including phenoxy) is 3. The highest BCUT2D eigenvalue weighted by molar-refractivity contribution is 9.10. The molecule has 0 atom stereocenters. The van der Waals surface area contributed by atoms with Crippen LogP contribution in [0.25, 0.3) is 10.8 Å². The van der Waals surface area contributed by atoms with Crippen LogP contribution in [0.15, 0.2) is 58.1 Å². The third-order valence-corrected chi connectivity index (χ3v) is 4.97. The van der Waals surface area contributed by atoms with Crippen molar-refractivity contribution in [3.05, 3.63) is 64.1 Å². The highest BCUT2D eigenvalue weighted by Gasteiger charge is 2.15. The van der Waals surface area contributed by atoms with Gasteiger partial charge in [0.1, 0.15) is 5.75 Å². The van der Waals surface area contributed by atoms with E-state index < -0.39 is 0 Å². The number of nitrogens with one attached hydrogen (secondary N) is 1. The molecule has 7 heteroatoms. The molecule has 0 aliphatic heterocycles. The van der Waals surface area contributed by atoms with Gasteiger partial charge < -0.3 is 14.2 Å². The zero-order valence-electron chi connectivity index (χ0n) is 17.9. The Balaban J connectivity index is 1.81. The molecule has 0 unspecified atom stereocenters. The third-order valence-electron chi connectivity index (χ3n) is 4.38. The van der Waals surface area contributed by atoms with Crippen LogP contribution in [0, 0.1) is 0 Å². The van der Waals surface area contributed by atoms with E-state index in [0.29, 0.717) is 29.4 Å². The summed E-state index contributed by atoms with van der Waals surface area (Å²) in [5.74, 6) is 1.37. The van der Waals surface area contributed by atoms with Crippen LogP contribution in [0.4, 0.5) is 0 Å². The first kappa shape index (κ1) is 22.6. The number of nitrogens with zero attached hydrogens (tertiary/aromatic N) is 1. The molecule has 31 heavy (non-hydrogen) atoms. The maximum atomic E-state index is 12.7. The Morgan fingerprint density at radius 3 is 2.48 bits per heavy atom. The Bertz CT molecular complexity index is 1110. The SMILES string of the molecule is CCOc1cc(/C=N\NC(=O)c2cc3ccccc3cc2OC)cc(Br)c1OC(C)C. The van der Waals surface area contributed by atoms with Crippen molar-refractivity contribution < 1.29 is 19.0 Å². The van der Waals surface area contributed by atoms with Gasteiger partial charge in [0, 0.05) is 0 Å². The molecule has 0 aromatic heterocycles. The summed E-state index contributed by atoms with van der Waals surface area (Å²) in [6, 6.07) is 15.1. The Kier molecular flexibility index (Phi) is 7.52. The van der Waals surface area contributed by atoms with Crippen LogP contribution in [0.5, 0.6) is 17.2 Å². The van der Waals surface area contributed by atoms with Crippen molar-refractivity contribution in [2.24, 2.45) is 5.10 Å². The molecule has 1 amide bonds. The number of hydrazone groups is 1. The Labute approximate surface area is 190 Å². The molecule has 0 fully saturated rings. The molecule has 0 spiro atoms. The number of hydrogen-bond acceptors (Lipinski definition) is 5. The first-order valence-corrected chi connectivity index (χ1v) is 10.8. The molecule has 0 radical (unpaired) electrons. The van der Waals surface area contributed by atoms with Crippen molar-refractivity contribution in [2.75, 3.05) is 13.7 Å². The van der Waals surface area contributed by atoms with Crippen LogP contribution >= 0.6 is 15.9 Å². The van der Waals surface area contributed by atoms with E-state index in [1.54, 1.807) is 12.3 Å². The van der Waals surface area contributed by atoms with Gasteiger partial charge in [-0.05, 0) is 77.3 Å². The number of carbonyl (C=O) groups excluding carboxylic acids is 1. The molecule has 1 N–H and O–H groups in total. The second-order valence-corrected chi connectivity index (χ2v) is 7.88. The summed E-state index contributed by atoms with van der Waals surface area (Å²) in [6.07, 6.45) is 1.56. The Morgan fingerprint density at radius 1 is 1.13 bits per heavy atom. The predicted octanol–water partition coefficient (Wildman–Crippen LogP) is 5.56. The van der Waals surface area contributed by atoms with Crippen LogP contribution in [-0.2, 0) is 0 Å². The van der Waals surface area contributed by atoms with Gasteiger partial charge in [-0.1, -0.05) is 24.3 Å². The van der Waals surface area contributed by atoms with Crippen molar-refractivity contribution in [3.63, 3.8) is 0 Å².